The first-order valence-corrected chi connectivity index (χ1v) is 5.16. The molecule has 76 valence electrons. The van der Waals surface area contributed by atoms with Crippen LogP contribution in [0.2, 0.25) is 0 Å². The van der Waals surface area contributed by atoms with Gasteiger partial charge in [-0.2, -0.15) is 0 Å². The van der Waals surface area contributed by atoms with Gasteiger partial charge in [-0.1, -0.05) is 12.1 Å². The third-order valence-corrected chi connectivity index (χ3v) is 3.06. The van der Waals surface area contributed by atoms with E-state index in [0.29, 0.717) is 5.75 Å². The van der Waals surface area contributed by atoms with Crippen LogP contribution in [-0.2, 0) is 6.42 Å². The summed E-state index contributed by atoms with van der Waals surface area (Å²) in [6.07, 6.45) is 4.43. The fourth-order valence-corrected chi connectivity index (χ4v) is 1.68. The van der Waals surface area contributed by atoms with Gasteiger partial charge in [0.2, 0.25) is 0 Å². The number of hydrogen-bond donors (Lipinski definition) is 2. The maximum absolute atomic E-state index is 9.36. The molecule has 1 fully saturated rings. The van der Waals surface area contributed by atoms with Crippen molar-refractivity contribution in [2.75, 3.05) is 0 Å². The molecule has 0 radical (unpaired) electrons. The molecule has 0 saturated heterocycles. The number of phenolic OH excluding ortho intramolecular Hbond substituents is 1. The molecule has 2 heteroatoms. The van der Waals surface area contributed by atoms with Crippen LogP contribution in [0.15, 0.2) is 18.2 Å². The molecule has 2 nitrogen and oxygen atoms in total. The van der Waals surface area contributed by atoms with Crippen molar-refractivity contribution in [1.29, 1.82) is 0 Å². The minimum absolute atomic E-state index is 0.131. The highest BCUT2D eigenvalue weighted by molar-refractivity contribution is 5.35. The molecule has 1 aromatic carbocycles. The SMILES string of the molecule is Cc1cc(CCC2(N)CC2)ccc1O. The van der Waals surface area contributed by atoms with Crippen molar-refractivity contribution in [3.8, 4) is 5.75 Å². The predicted molar refractivity (Wildman–Crippen MR) is 57.3 cm³/mol. The van der Waals surface area contributed by atoms with Crippen molar-refractivity contribution in [2.24, 2.45) is 5.73 Å². The van der Waals surface area contributed by atoms with Crippen LogP contribution in [0.25, 0.3) is 0 Å². The van der Waals surface area contributed by atoms with E-state index in [1.54, 1.807) is 6.07 Å². The van der Waals surface area contributed by atoms with Gasteiger partial charge in [-0.15, -0.1) is 0 Å². The summed E-state index contributed by atoms with van der Waals surface area (Å²) in [5, 5.41) is 9.36. The van der Waals surface area contributed by atoms with Crippen molar-refractivity contribution >= 4 is 0 Å². The van der Waals surface area contributed by atoms with Crippen molar-refractivity contribution in [1.82, 2.24) is 0 Å². The van der Waals surface area contributed by atoms with Crippen molar-refractivity contribution < 1.29 is 5.11 Å². The summed E-state index contributed by atoms with van der Waals surface area (Å²) in [6, 6.07) is 5.79. The molecular weight excluding hydrogens is 174 g/mol. The number of hydrogen-bond acceptors (Lipinski definition) is 2. The summed E-state index contributed by atoms with van der Waals surface area (Å²) in [7, 11) is 0. The Kier molecular flexibility index (Phi) is 2.23. The van der Waals surface area contributed by atoms with Gasteiger partial charge >= 0.3 is 0 Å². The second-order valence-corrected chi connectivity index (χ2v) is 4.48. The quantitative estimate of drug-likeness (QED) is 0.768. The predicted octanol–water partition coefficient (Wildman–Crippen LogP) is 2.12. The van der Waals surface area contributed by atoms with Crippen molar-refractivity contribution in [2.45, 2.75) is 38.1 Å². The minimum Gasteiger partial charge on any atom is -0.508 e. The zero-order valence-electron chi connectivity index (χ0n) is 8.59. The number of aryl methyl sites for hydroxylation is 2. The van der Waals surface area contributed by atoms with Gasteiger partial charge in [0.25, 0.3) is 0 Å². The summed E-state index contributed by atoms with van der Waals surface area (Å²) in [5.74, 6) is 0.377. The molecular formula is C12H17NO. The van der Waals surface area contributed by atoms with E-state index in [-0.39, 0.29) is 5.54 Å². The van der Waals surface area contributed by atoms with Gasteiger partial charge < -0.3 is 10.8 Å². The molecule has 0 unspecified atom stereocenters. The number of rotatable bonds is 3. The van der Waals surface area contributed by atoms with Crippen LogP contribution in [0, 0.1) is 6.92 Å². The van der Waals surface area contributed by atoms with Gasteiger partial charge in [0, 0.05) is 5.54 Å². The largest absolute Gasteiger partial charge is 0.508 e. The standard InChI is InChI=1S/C12H17NO/c1-9-8-10(2-3-11(9)14)4-5-12(13)6-7-12/h2-3,8,14H,4-7,13H2,1H3. The Hall–Kier alpha value is -1.02. The zero-order valence-corrected chi connectivity index (χ0v) is 8.59. The minimum atomic E-state index is 0.131. The summed E-state index contributed by atoms with van der Waals surface area (Å²) in [5.41, 5.74) is 8.37. The summed E-state index contributed by atoms with van der Waals surface area (Å²) in [6.45, 7) is 1.92. The number of benzene rings is 1. The lowest BCUT2D eigenvalue weighted by Gasteiger charge is -2.08. The van der Waals surface area contributed by atoms with E-state index in [2.05, 4.69) is 0 Å². The van der Waals surface area contributed by atoms with Crippen LogP contribution >= 0.6 is 0 Å². The number of phenols is 1. The van der Waals surface area contributed by atoms with Crippen molar-refractivity contribution in [3.63, 3.8) is 0 Å². The van der Waals surface area contributed by atoms with E-state index in [4.69, 9.17) is 5.73 Å². The summed E-state index contributed by atoms with van der Waals surface area (Å²) in [4.78, 5) is 0. The van der Waals surface area contributed by atoms with Crippen molar-refractivity contribution in [3.05, 3.63) is 29.3 Å². The Labute approximate surface area is 84.7 Å². The molecule has 0 heterocycles. The molecule has 3 N–H and O–H groups in total. The fraction of sp³-hybridized carbons (Fsp3) is 0.500. The topological polar surface area (TPSA) is 46.2 Å². The van der Waals surface area contributed by atoms with Crippen LogP contribution in [-0.4, -0.2) is 10.6 Å². The lowest BCUT2D eigenvalue weighted by atomic mass is 10.0. The lowest BCUT2D eigenvalue weighted by Crippen LogP contribution is -2.22. The van der Waals surface area contributed by atoms with Crippen LogP contribution in [0.5, 0.6) is 5.75 Å². The number of nitrogens with two attached hydrogens (primary N) is 1. The Morgan fingerprint density at radius 1 is 1.43 bits per heavy atom. The van der Waals surface area contributed by atoms with Crippen LogP contribution in [0.3, 0.4) is 0 Å². The van der Waals surface area contributed by atoms with Gasteiger partial charge in [-0.3, -0.25) is 0 Å². The molecule has 1 saturated carbocycles. The van der Waals surface area contributed by atoms with Gasteiger partial charge in [0.1, 0.15) is 5.75 Å². The Morgan fingerprint density at radius 2 is 2.14 bits per heavy atom. The maximum Gasteiger partial charge on any atom is 0.118 e. The molecule has 14 heavy (non-hydrogen) atoms. The summed E-state index contributed by atoms with van der Waals surface area (Å²) >= 11 is 0. The second-order valence-electron chi connectivity index (χ2n) is 4.48. The molecule has 0 amide bonds. The van der Waals surface area contributed by atoms with E-state index in [1.165, 1.54) is 18.4 Å². The molecule has 0 aliphatic heterocycles. The highest BCUT2D eigenvalue weighted by Gasteiger charge is 2.37. The first kappa shape index (κ1) is 9.53. The van der Waals surface area contributed by atoms with Crippen LogP contribution < -0.4 is 5.73 Å². The molecule has 0 spiro atoms. The first-order valence-electron chi connectivity index (χ1n) is 5.16. The Morgan fingerprint density at radius 3 is 2.71 bits per heavy atom. The molecule has 2 rings (SSSR count). The van der Waals surface area contributed by atoms with Gasteiger partial charge in [-0.05, 0) is 49.8 Å². The normalized spacial score (nSPS) is 18.1. The lowest BCUT2D eigenvalue weighted by molar-refractivity contribution is 0.470. The summed E-state index contributed by atoms with van der Waals surface area (Å²) < 4.78 is 0. The average molecular weight is 191 g/mol. The van der Waals surface area contributed by atoms with Gasteiger partial charge in [-0.25, -0.2) is 0 Å². The monoisotopic (exact) mass is 191 g/mol. The van der Waals surface area contributed by atoms with E-state index in [1.807, 2.05) is 19.1 Å². The average Bonchev–Trinajstić information content (AvgIpc) is 2.87. The van der Waals surface area contributed by atoms with Crippen LogP contribution in [0.4, 0.5) is 0 Å². The molecule has 1 aromatic rings. The second kappa shape index (κ2) is 3.28. The van der Waals surface area contributed by atoms with E-state index >= 15 is 0 Å². The van der Waals surface area contributed by atoms with E-state index < -0.39 is 0 Å². The Balaban J connectivity index is 1.99. The first-order chi connectivity index (χ1) is 6.59. The maximum atomic E-state index is 9.36. The molecule has 1 aliphatic carbocycles. The third kappa shape index (κ3) is 2.07. The molecule has 1 aliphatic rings. The number of aromatic hydroxyl groups is 1. The van der Waals surface area contributed by atoms with Gasteiger partial charge in [0.15, 0.2) is 0 Å². The highest BCUT2D eigenvalue weighted by atomic mass is 16.3. The van der Waals surface area contributed by atoms with E-state index in [0.717, 1.165) is 18.4 Å². The zero-order chi connectivity index (χ0) is 10.2. The third-order valence-electron chi connectivity index (χ3n) is 3.06. The fourth-order valence-electron chi connectivity index (χ4n) is 1.68. The molecule has 0 aromatic heterocycles. The molecule has 0 atom stereocenters. The van der Waals surface area contributed by atoms with Gasteiger partial charge in [0.05, 0.1) is 0 Å². The Bertz CT molecular complexity index is 342. The molecule has 0 bridgehead atoms. The smallest absolute Gasteiger partial charge is 0.118 e. The highest BCUT2D eigenvalue weighted by Crippen LogP contribution is 2.36. The van der Waals surface area contributed by atoms with E-state index in [9.17, 15) is 5.11 Å². The van der Waals surface area contributed by atoms with Crippen LogP contribution in [0.1, 0.15) is 30.4 Å².